The van der Waals surface area contributed by atoms with Crippen molar-refractivity contribution in [1.82, 2.24) is 0 Å². The summed E-state index contributed by atoms with van der Waals surface area (Å²) in [6.45, 7) is 2.00. The highest BCUT2D eigenvalue weighted by Gasteiger charge is 2.17. The molecule has 0 saturated carbocycles. The van der Waals surface area contributed by atoms with Gasteiger partial charge < -0.3 is 4.74 Å². The fourth-order valence-corrected chi connectivity index (χ4v) is 1.90. The summed E-state index contributed by atoms with van der Waals surface area (Å²) >= 11 is 3.16. The third-order valence-corrected chi connectivity index (χ3v) is 2.86. The number of benzene rings is 1. The number of ether oxygens (including phenoxy) is 1. The molecule has 13 heavy (non-hydrogen) atoms. The van der Waals surface area contributed by atoms with Crippen LogP contribution in [0.3, 0.4) is 0 Å². The van der Waals surface area contributed by atoms with Crippen LogP contribution in [0.4, 0.5) is 4.39 Å². The summed E-state index contributed by atoms with van der Waals surface area (Å²) in [5.41, 5.74) is 1.09. The van der Waals surface area contributed by atoms with Crippen LogP contribution < -0.4 is 4.74 Å². The SMILES string of the molecule is CC1CCc2cc(Br)c(F)cc2O1. The van der Waals surface area contributed by atoms with Crippen molar-refractivity contribution < 1.29 is 9.13 Å². The lowest BCUT2D eigenvalue weighted by atomic mass is 10.0. The van der Waals surface area contributed by atoms with Gasteiger partial charge in [-0.1, -0.05) is 0 Å². The first-order chi connectivity index (χ1) is 6.16. The molecular formula is C10H10BrFO. The van der Waals surface area contributed by atoms with E-state index in [2.05, 4.69) is 15.9 Å². The zero-order chi connectivity index (χ0) is 9.42. The Morgan fingerprint density at radius 2 is 2.31 bits per heavy atom. The number of hydrogen-bond acceptors (Lipinski definition) is 1. The Hall–Kier alpha value is -0.570. The molecule has 3 heteroatoms. The molecule has 0 aromatic heterocycles. The first kappa shape index (κ1) is 9.00. The van der Waals surface area contributed by atoms with Crippen molar-refractivity contribution in [3.63, 3.8) is 0 Å². The molecule has 0 bridgehead atoms. The lowest BCUT2D eigenvalue weighted by Gasteiger charge is -2.23. The number of aryl methyl sites for hydroxylation is 1. The van der Waals surface area contributed by atoms with Gasteiger partial charge in [0, 0.05) is 6.07 Å². The zero-order valence-corrected chi connectivity index (χ0v) is 8.90. The molecule has 1 aliphatic heterocycles. The summed E-state index contributed by atoms with van der Waals surface area (Å²) in [6, 6.07) is 3.26. The summed E-state index contributed by atoms with van der Waals surface area (Å²) < 4.78 is 19.1. The molecule has 0 fully saturated rings. The summed E-state index contributed by atoms with van der Waals surface area (Å²) in [5, 5.41) is 0. The Balaban J connectivity index is 2.43. The highest BCUT2D eigenvalue weighted by Crippen LogP contribution is 2.31. The van der Waals surface area contributed by atoms with E-state index in [1.54, 1.807) is 6.07 Å². The van der Waals surface area contributed by atoms with Crippen LogP contribution in [0.2, 0.25) is 0 Å². The van der Waals surface area contributed by atoms with Crippen molar-refractivity contribution in [2.75, 3.05) is 0 Å². The average Bonchev–Trinajstić information content (AvgIpc) is 2.08. The first-order valence-electron chi connectivity index (χ1n) is 4.31. The lowest BCUT2D eigenvalue weighted by molar-refractivity contribution is 0.191. The van der Waals surface area contributed by atoms with Crippen molar-refractivity contribution in [2.45, 2.75) is 25.9 Å². The van der Waals surface area contributed by atoms with Crippen LogP contribution in [-0.2, 0) is 6.42 Å². The molecule has 1 atom stereocenters. The molecule has 0 radical (unpaired) electrons. The molecule has 70 valence electrons. The van der Waals surface area contributed by atoms with Crippen molar-refractivity contribution in [3.05, 3.63) is 28.0 Å². The topological polar surface area (TPSA) is 9.23 Å². The molecule has 1 aromatic rings. The zero-order valence-electron chi connectivity index (χ0n) is 7.31. The monoisotopic (exact) mass is 244 g/mol. The molecule has 0 amide bonds. The van der Waals surface area contributed by atoms with Crippen molar-refractivity contribution >= 4 is 15.9 Å². The van der Waals surface area contributed by atoms with Crippen LogP contribution in [0.15, 0.2) is 16.6 Å². The van der Waals surface area contributed by atoms with E-state index < -0.39 is 0 Å². The molecule has 1 aromatic carbocycles. The summed E-state index contributed by atoms with van der Waals surface area (Å²) in [6.07, 6.45) is 2.17. The Kier molecular flexibility index (Phi) is 2.28. The molecule has 1 nitrogen and oxygen atoms in total. The van der Waals surface area contributed by atoms with E-state index in [9.17, 15) is 4.39 Å². The molecule has 2 rings (SSSR count). The van der Waals surface area contributed by atoms with Gasteiger partial charge in [0.15, 0.2) is 0 Å². The van der Waals surface area contributed by atoms with Gasteiger partial charge >= 0.3 is 0 Å². The van der Waals surface area contributed by atoms with Gasteiger partial charge in [-0.2, -0.15) is 0 Å². The van der Waals surface area contributed by atoms with Gasteiger partial charge in [0.2, 0.25) is 0 Å². The number of fused-ring (bicyclic) bond motifs is 1. The minimum absolute atomic E-state index is 0.202. The molecular weight excluding hydrogens is 235 g/mol. The van der Waals surface area contributed by atoms with Crippen LogP contribution in [0.25, 0.3) is 0 Å². The molecule has 1 aliphatic rings. The predicted octanol–water partition coefficient (Wildman–Crippen LogP) is 3.30. The summed E-state index contributed by atoms with van der Waals surface area (Å²) in [5.74, 6) is 0.437. The summed E-state index contributed by atoms with van der Waals surface area (Å²) in [7, 11) is 0. The highest BCUT2D eigenvalue weighted by atomic mass is 79.9. The van der Waals surface area contributed by atoms with E-state index in [1.807, 2.05) is 6.92 Å². The van der Waals surface area contributed by atoms with E-state index in [0.717, 1.165) is 18.4 Å². The molecule has 0 aliphatic carbocycles. The molecule has 0 saturated heterocycles. The molecule has 0 N–H and O–H groups in total. The van der Waals surface area contributed by atoms with Gasteiger partial charge in [-0.15, -0.1) is 0 Å². The van der Waals surface area contributed by atoms with Gasteiger partial charge in [0.1, 0.15) is 11.6 Å². The van der Waals surface area contributed by atoms with E-state index in [-0.39, 0.29) is 11.9 Å². The Labute approximate surface area is 85.0 Å². The van der Waals surface area contributed by atoms with Crippen molar-refractivity contribution in [2.24, 2.45) is 0 Å². The van der Waals surface area contributed by atoms with E-state index >= 15 is 0 Å². The van der Waals surface area contributed by atoms with Gasteiger partial charge in [0.25, 0.3) is 0 Å². The van der Waals surface area contributed by atoms with Gasteiger partial charge in [-0.25, -0.2) is 4.39 Å². The van der Waals surface area contributed by atoms with Crippen LogP contribution in [-0.4, -0.2) is 6.10 Å². The molecule has 1 heterocycles. The largest absolute Gasteiger partial charge is 0.490 e. The fourth-order valence-electron chi connectivity index (χ4n) is 1.51. The first-order valence-corrected chi connectivity index (χ1v) is 5.10. The third kappa shape index (κ3) is 1.70. The second-order valence-corrected chi connectivity index (χ2v) is 4.20. The van der Waals surface area contributed by atoms with Crippen molar-refractivity contribution in [3.8, 4) is 5.75 Å². The minimum Gasteiger partial charge on any atom is -0.490 e. The maximum atomic E-state index is 13.1. The second kappa shape index (κ2) is 3.29. The molecule has 1 unspecified atom stereocenters. The minimum atomic E-state index is -0.257. The van der Waals surface area contributed by atoms with Crippen LogP contribution >= 0.6 is 15.9 Å². The third-order valence-electron chi connectivity index (χ3n) is 2.25. The van der Waals surface area contributed by atoms with Crippen LogP contribution in [0, 0.1) is 5.82 Å². The summed E-state index contributed by atoms with van der Waals surface area (Å²) in [4.78, 5) is 0. The predicted molar refractivity (Wildman–Crippen MR) is 52.5 cm³/mol. The fraction of sp³-hybridized carbons (Fsp3) is 0.400. The second-order valence-electron chi connectivity index (χ2n) is 3.34. The van der Waals surface area contributed by atoms with E-state index in [0.29, 0.717) is 10.2 Å². The maximum Gasteiger partial charge on any atom is 0.141 e. The highest BCUT2D eigenvalue weighted by molar-refractivity contribution is 9.10. The Bertz CT molecular complexity index is 338. The quantitative estimate of drug-likeness (QED) is 0.681. The Morgan fingerprint density at radius 1 is 1.54 bits per heavy atom. The van der Waals surface area contributed by atoms with E-state index in [1.165, 1.54) is 6.07 Å². The maximum absolute atomic E-state index is 13.1. The van der Waals surface area contributed by atoms with Crippen LogP contribution in [0.1, 0.15) is 18.9 Å². The lowest BCUT2D eigenvalue weighted by Crippen LogP contribution is -2.18. The van der Waals surface area contributed by atoms with E-state index in [4.69, 9.17) is 4.74 Å². The molecule has 0 spiro atoms. The van der Waals surface area contributed by atoms with Gasteiger partial charge in [0.05, 0.1) is 10.6 Å². The normalized spacial score (nSPS) is 20.7. The smallest absolute Gasteiger partial charge is 0.141 e. The number of rotatable bonds is 0. The standard InChI is InChI=1S/C10H10BrFO/c1-6-2-3-7-4-8(11)9(12)5-10(7)13-6/h4-6H,2-3H2,1H3. The average molecular weight is 245 g/mol. The van der Waals surface area contributed by atoms with Gasteiger partial charge in [-0.05, 0) is 47.3 Å². The Morgan fingerprint density at radius 3 is 3.08 bits per heavy atom. The van der Waals surface area contributed by atoms with Crippen LogP contribution in [0.5, 0.6) is 5.75 Å². The number of halogens is 2. The number of hydrogen-bond donors (Lipinski definition) is 0. The van der Waals surface area contributed by atoms with Crippen molar-refractivity contribution in [1.29, 1.82) is 0 Å². The van der Waals surface area contributed by atoms with Gasteiger partial charge in [-0.3, -0.25) is 0 Å².